The first-order chi connectivity index (χ1) is 46.4. The first-order valence-corrected chi connectivity index (χ1v) is 37.0. The number of para-hydroxylation sites is 2. The number of hydrogen-bond donors (Lipinski definition) is 0. The Bertz CT molecular complexity index is 5150. The summed E-state index contributed by atoms with van der Waals surface area (Å²) in [6, 6.07) is 134. The molecule has 0 spiro atoms. The molecule has 94 heavy (non-hydrogen) atoms. The Morgan fingerprint density at radius 3 is 1.18 bits per heavy atom. The smallest absolute Gasteiger partial charge is 0.252 e. The van der Waals surface area contributed by atoms with E-state index in [1.165, 1.54) is 85.7 Å². The molecule has 3 nitrogen and oxygen atoms in total. The van der Waals surface area contributed by atoms with E-state index in [2.05, 4.69) is 375 Å². The van der Waals surface area contributed by atoms with Crippen LogP contribution in [0.25, 0.3) is 21.9 Å². The second kappa shape index (κ2) is 22.1. The second-order valence-corrected chi connectivity index (χ2v) is 33.8. The first kappa shape index (κ1) is 55.8. The van der Waals surface area contributed by atoms with Gasteiger partial charge in [0.2, 0.25) is 0 Å². The molecular formula is C88H65BN2OSi2. The predicted octanol–water partition coefficient (Wildman–Crippen LogP) is 14.2. The lowest BCUT2D eigenvalue weighted by Gasteiger charge is -2.46. The van der Waals surface area contributed by atoms with E-state index in [4.69, 9.17) is 4.42 Å². The Kier molecular flexibility index (Phi) is 13.1. The van der Waals surface area contributed by atoms with Crippen LogP contribution in [0.15, 0.2) is 356 Å². The van der Waals surface area contributed by atoms with E-state index in [9.17, 15) is 0 Å². The maximum atomic E-state index is 6.99. The van der Waals surface area contributed by atoms with E-state index in [1.807, 2.05) is 0 Å². The third kappa shape index (κ3) is 8.36. The molecule has 444 valence electrons. The van der Waals surface area contributed by atoms with Crippen LogP contribution in [-0.4, -0.2) is 22.9 Å². The highest BCUT2D eigenvalue weighted by molar-refractivity contribution is 7.20. The molecule has 1 aromatic heterocycles. The van der Waals surface area contributed by atoms with Gasteiger partial charge in [-0.15, -0.1) is 0 Å². The number of hydrogen-bond acceptors (Lipinski definition) is 3. The molecule has 14 aromatic carbocycles. The van der Waals surface area contributed by atoms with Crippen LogP contribution in [0.3, 0.4) is 0 Å². The van der Waals surface area contributed by atoms with Gasteiger partial charge in [0.1, 0.15) is 11.2 Å². The van der Waals surface area contributed by atoms with Crippen molar-refractivity contribution in [2.75, 3.05) is 9.80 Å². The standard InChI is InChI=1S/C88H65BN2OSi2/c1-88(2)76-50-24-21-48-73(76)86(74-49-22-25-51-77(74)88)61-55-82-87-83(56-61)91(63-32-30-46-71(58-63)94(67-39-15-6-16-40-67,68-41-17-7-18-42-68)69-43-19-8-20-44-69)81-59-75-72-47-23-28-54-84(72)92-85(75)60-79(81)89(87)78-52-26-27-53-80(78)90(82)62-31-29-45-70(57-62)93(64-33-9-3-10-34-64,65-35-11-4-12-36-65)66-37-13-5-14-38-66/h3-60,86H,1-2H3. The zero-order chi connectivity index (χ0) is 62.5. The van der Waals surface area contributed by atoms with Gasteiger partial charge < -0.3 is 14.2 Å². The summed E-state index contributed by atoms with van der Waals surface area (Å²) in [4.78, 5) is 5.30. The summed E-state index contributed by atoms with van der Waals surface area (Å²) in [5.41, 5.74) is 18.7. The van der Waals surface area contributed by atoms with E-state index in [0.717, 1.165) is 56.1 Å². The lowest BCUT2D eigenvalue weighted by molar-refractivity contribution is 0.597. The molecule has 0 bridgehead atoms. The van der Waals surface area contributed by atoms with Gasteiger partial charge in [0.05, 0.1) is 0 Å². The average molecular weight is 1230 g/mol. The Balaban J connectivity index is 0.968. The normalized spacial score (nSPS) is 13.8. The van der Waals surface area contributed by atoms with Crippen LogP contribution >= 0.6 is 0 Å². The number of anilines is 6. The zero-order valence-corrected chi connectivity index (χ0v) is 54.4. The van der Waals surface area contributed by atoms with Gasteiger partial charge in [0, 0.05) is 56.2 Å². The molecular weight excluding hydrogens is 1170 g/mol. The third-order valence-corrected chi connectivity index (χ3v) is 30.6. The lowest BCUT2D eigenvalue weighted by Crippen LogP contribution is -2.74. The minimum absolute atomic E-state index is 0.0933. The van der Waals surface area contributed by atoms with Crippen LogP contribution in [0.4, 0.5) is 34.1 Å². The number of fused-ring (bicyclic) bond motifs is 9. The Morgan fingerprint density at radius 1 is 0.309 bits per heavy atom. The van der Waals surface area contributed by atoms with Crippen molar-refractivity contribution in [2.24, 2.45) is 0 Å². The van der Waals surface area contributed by atoms with Crippen LogP contribution in [0.5, 0.6) is 0 Å². The SMILES string of the molecule is CC1(C)c2ccccc2C(c2cc3c4c(c2)N(c2cccc([Si](c5ccccc5)(c5ccccc5)c5ccccc5)c2)c2cc5c(cc2B4c2ccccc2N3c2cccc([Si](c3ccccc3)(c3ccccc3)c3ccccc3)c2)oc2ccccc25)c2ccccc21. The summed E-state index contributed by atoms with van der Waals surface area (Å²) in [5.74, 6) is -0.0933. The van der Waals surface area contributed by atoms with E-state index in [0.29, 0.717) is 0 Å². The Labute approximate surface area is 552 Å². The van der Waals surface area contributed by atoms with Crippen molar-refractivity contribution in [3.8, 4) is 0 Å². The van der Waals surface area contributed by atoms with E-state index in [1.54, 1.807) is 0 Å². The van der Waals surface area contributed by atoms with Crippen LogP contribution < -0.4 is 67.7 Å². The molecule has 0 radical (unpaired) electrons. The molecule has 0 saturated heterocycles. The Hall–Kier alpha value is -11.0. The van der Waals surface area contributed by atoms with Gasteiger partial charge in [-0.2, -0.15) is 0 Å². The van der Waals surface area contributed by atoms with Gasteiger partial charge in [-0.05, 0) is 146 Å². The third-order valence-electron chi connectivity index (χ3n) is 21.0. The highest BCUT2D eigenvalue weighted by Crippen LogP contribution is 2.53. The predicted molar refractivity (Wildman–Crippen MR) is 401 cm³/mol. The van der Waals surface area contributed by atoms with Crippen LogP contribution in [-0.2, 0) is 5.41 Å². The van der Waals surface area contributed by atoms with Gasteiger partial charge in [0.15, 0.2) is 16.1 Å². The molecule has 3 aliphatic rings. The van der Waals surface area contributed by atoms with Crippen LogP contribution in [0, 0.1) is 0 Å². The highest BCUT2D eigenvalue weighted by Gasteiger charge is 2.48. The van der Waals surface area contributed by atoms with Crippen molar-refractivity contribution in [3.05, 3.63) is 380 Å². The fourth-order valence-corrected chi connectivity index (χ4v) is 26.7. The molecule has 6 heteroatoms. The van der Waals surface area contributed by atoms with Crippen molar-refractivity contribution in [3.63, 3.8) is 0 Å². The maximum Gasteiger partial charge on any atom is 0.252 e. The molecule has 2 aliphatic heterocycles. The lowest BCUT2D eigenvalue weighted by atomic mass is 9.33. The van der Waals surface area contributed by atoms with Gasteiger partial charge in [-0.1, -0.05) is 305 Å². The largest absolute Gasteiger partial charge is 0.456 e. The van der Waals surface area contributed by atoms with E-state index in [-0.39, 0.29) is 18.0 Å². The van der Waals surface area contributed by atoms with Crippen molar-refractivity contribution >= 4 is 137 Å². The van der Waals surface area contributed by atoms with E-state index >= 15 is 0 Å². The number of furan rings is 1. The van der Waals surface area contributed by atoms with Gasteiger partial charge in [-0.25, -0.2) is 0 Å². The average Bonchev–Trinajstić information content (AvgIpc) is 0.863. The monoisotopic (exact) mass is 1230 g/mol. The summed E-state index contributed by atoms with van der Waals surface area (Å²) < 4.78 is 6.99. The molecule has 0 unspecified atom stereocenters. The number of benzene rings is 14. The molecule has 0 amide bonds. The topological polar surface area (TPSA) is 19.6 Å². The fourth-order valence-electron chi connectivity index (χ4n) is 17.1. The van der Waals surface area contributed by atoms with Gasteiger partial charge in [0.25, 0.3) is 6.71 Å². The zero-order valence-electron chi connectivity index (χ0n) is 52.4. The van der Waals surface area contributed by atoms with Crippen molar-refractivity contribution in [1.29, 1.82) is 0 Å². The fraction of sp³-hybridized carbons (Fsp3) is 0.0455. The quantitative estimate of drug-likeness (QED) is 0.0950. The second-order valence-electron chi connectivity index (χ2n) is 26.2. The van der Waals surface area contributed by atoms with Crippen molar-refractivity contribution < 1.29 is 4.42 Å². The number of nitrogens with zero attached hydrogens (tertiary/aromatic N) is 2. The molecule has 1 aliphatic carbocycles. The Morgan fingerprint density at radius 2 is 0.702 bits per heavy atom. The van der Waals surface area contributed by atoms with Crippen molar-refractivity contribution in [2.45, 2.75) is 25.2 Å². The van der Waals surface area contributed by atoms with E-state index < -0.39 is 16.1 Å². The minimum atomic E-state index is -3.04. The molecule has 0 atom stereocenters. The van der Waals surface area contributed by atoms with Gasteiger partial charge >= 0.3 is 0 Å². The number of rotatable bonds is 11. The first-order valence-electron chi connectivity index (χ1n) is 33.0. The molecule has 15 aromatic rings. The summed E-state index contributed by atoms with van der Waals surface area (Å²) in [7, 11) is -6.05. The summed E-state index contributed by atoms with van der Waals surface area (Å²) in [6.07, 6.45) is 0. The van der Waals surface area contributed by atoms with Gasteiger partial charge in [-0.3, -0.25) is 0 Å². The minimum Gasteiger partial charge on any atom is -0.456 e. The molecule has 0 fully saturated rings. The summed E-state index contributed by atoms with van der Waals surface area (Å²) in [6.45, 7) is 4.64. The van der Waals surface area contributed by atoms with Crippen molar-refractivity contribution in [1.82, 2.24) is 0 Å². The molecule has 3 heterocycles. The summed E-state index contributed by atoms with van der Waals surface area (Å²) in [5, 5.41) is 12.8. The highest BCUT2D eigenvalue weighted by atomic mass is 28.3. The molecule has 0 saturated carbocycles. The maximum absolute atomic E-state index is 6.99. The summed E-state index contributed by atoms with van der Waals surface area (Å²) >= 11 is 0. The molecule has 18 rings (SSSR count). The van der Waals surface area contributed by atoms with Crippen LogP contribution in [0.2, 0.25) is 0 Å². The molecule has 0 N–H and O–H groups in total. The van der Waals surface area contributed by atoms with Crippen LogP contribution in [0.1, 0.15) is 47.6 Å².